The predicted molar refractivity (Wildman–Crippen MR) is 64.3 cm³/mol. The molecule has 86 valence electrons. The largest absolute Gasteiger partial charge is 0.415 e. The number of hydrogen-bond acceptors (Lipinski definition) is 3. The fourth-order valence-corrected chi connectivity index (χ4v) is 2.03. The molecule has 1 aliphatic rings. The molecule has 0 unspecified atom stereocenters. The Balaban J connectivity index is 1.97. The second-order valence-electron chi connectivity index (χ2n) is 3.82. The van der Waals surface area contributed by atoms with Crippen LogP contribution >= 0.6 is 15.9 Å². The number of rotatable bonds is 1. The molecular weight excluding hydrogens is 272 g/mol. The lowest BCUT2D eigenvalue weighted by Crippen LogP contribution is -2.33. The van der Waals surface area contributed by atoms with Gasteiger partial charge in [0, 0.05) is 23.6 Å². The third kappa shape index (κ3) is 2.74. The van der Waals surface area contributed by atoms with Crippen molar-refractivity contribution >= 4 is 22.0 Å². The van der Waals surface area contributed by atoms with Gasteiger partial charge in [0.15, 0.2) is 0 Å². The van der Waals surface area contributed by atoms with Crippen molar-refractivity contribution < 1.29 is 9.53 Å². The highest BCUT2D eigenvalue weighted by atomic mass is 79.9. The number of ether oxygens (including phenoxy) is 1. The van der Waals surface area contributed by atoms with Crippen LogP contribution in [0.1, 0.15) is 6.42 Å². The maximum atomic E-state index is 11.7. The SMILES string of the molecule is N[C@@H]1CCN(C(=O)Oc2cccc(Br)c2)C1. The van der Waals surface area contributed by atoms with E-state index >= 15 is 0 Å². The minimum absolute atomic E-state index is 0.0788. The molecule has 0 radical (unpaired) electrons. The third-order valence-corrected chi connectivity index (χ3v) is 2.98. The molecule has 2 rings (SSSR count). The normalized spacial score (nSPS) is 19.9. The van der Waals surface area contributed by atoms with Gasteiger partial charge in [0.1, 0.15) is 5.75 Å². The van der Waals surface area contributed by atoms with E-state index in [0.717, 1.165) is 10.9 Å². The summed E-state index contributed by atoms with van der Waals surface area (Å²) in [6.45, 7) is 1.25. The first-order valence-electron chi connectivity index (χ1n) is 5.13. The van der Waals surface area contributed by atoms with Gasteiger partial charge in [0.2, 0.25) is 0 Å². The molecule has 2 N–H and O–H groups in total. The summed E-state index contributed by atoms with van der Waals surface area (Å²) in [6.07, 6.45) is 0.513. The summed E-state index contributed by atoms with van der Waals surface area (Å²) in [6, 6.07) is 7.29. The molecule has 1 aliphatic heterocycles. The Morgan fingerprint density at radius 2 is 2.38 bits per heavy atom. The highest BCUT2D eigenvalue weighted by Gasteiger charge is 2.24. The van der Waals surface area contributed by atoms with E-state index in [1.807, 2.05) is 12.1 Å². The van der Waals surface area contributed by atoms with Gasteiger partial charge in [0.05, 0.1) is 0 Å². The van der Waals surface area contributed by atoms with Crippen LogP contribution in [0.3, 0.4) is 0 Å². The van der Waals surface area contributed by atoms with Gasteiger partial charge in [-0.1, -0.05) is 22.0 Å². The van der Waals surface area contributed by atoms with E-state index in [9.17, 15) is 4.79 Å². The van der Waals surface area contributed by atoms with Crippen LogP contribution in [0, 0.1) is 0 Å². The monoisotopic (exact) mass is 284 g/mol. The van der Waals surface area contributed by atoms with Crippen LogP contribution in [0.2, 0.25) is 0 Å². The second-order valence-corrected chi connectivity index (χ2v) is 4.74. The molecule has 0 saturated carbocycles. The molecule has 1 aromatic rings. The summed E-state index contributed by atoms with van der Waals surface area (Å²) < 4.78 is 6.11. The van der Waals surface area contributed by atoms with Crippen LogP contribution < -0.4 is 10.5 Å². The van der Waals surface area contributed by atoms with Crippen LogP contribution in [0.15, 0.2) is 28.7 Å². The fraction of sp³-hybridized carbons (Fsp3) is 0.364. The van der Waals surface area contributed by atoms with Gasteiger partial charge in [-0.25, -0.2) is 4.79 Å². The Morgan fingerprint density at radius 1 is 1.56 bits per heavy atom. The summed E-state index contributed by atoms with van der Waals surface area (Å²) in [5, 5.41) is 0. The van der Waals surface area contributed by atoms with Gasteiger partial charge in [-0.05, 0) is 24.6 Å². The van der Waals surface area contributed by atoms with E-state index < -0.39 is 0 Å². The first-order chi connectivity index (χ1) is 7.65. The van der Waals surface area contributed by atoms with Crippen molar-refractivity contribution in [2.45, 2.75) is 12.5 Å². The smallest absolute Gasteiger partial charge is 0.410 e. The molecule has 1 amide bonds. The van der Waals surface area contributed by atoms with Gasteiger partial charge < -0.3 is 15.4 Å². The Hall–Kier alpha value is -1.07. The fourth-order valence-electron chi connectivity index (χ4n) is 1.65. The number of carbonyl (C=O) groups is 1. The lowest BCUT2D eigenvalue weighted by atomic mass is 10.3. The van der Waals surface area contributed by atoms with Crippen LogP contribution in [0.5, 0.6) is 5.75 Å². The number of nitrogens with two attached hydrogens (primary N) is 1. The summed E-state index contributed by atoms with van der Waals surface area (Å²) >= 11 is 3.32. The predicted octanol–water partition coefficient (Wildman–Crippen LogP) is 1.98. The summed E-state index contributed by atoms with van der Waals surface area (Å²) in [5.41, 5.74) is 5.72. The van der Waals surface area contributed by atoms with E-state index in [2.05, 4.69) is 15.9 Å². The summed E-state index contributed by atoms with van der Waals surface area (Å²) in [7, 11) is 0. The van der Waals surface area contributed by atoms with E-state index in [1.165, 1.54) is 0 Å². The van der Waals surface area contributed by atoms with Gasteiger partial charge in [-0.15, -0.1) is 0 Å². The van der Waals surface area contributed by atoms with Gasteiger partial charge >= 0.3 is 6.09 Å². The highest BCUT2D eigenvalue weighted by molar-refractivity contribution is 9.10. The molecule has 16 heavy (non-hydrogen) atoms. The number of carbonyl (C=O) groups excluding carboxylic acids is 1. The zero-order valence-corrected chi connectivity index (χ0v) is 10.3. The minimum atomic E-state index is -0.328. The van der Waals surface area contributed by atoms with Crippen LogP contribution in [-0.4, -0.2) is 30.1 Å². The molecule has 0 aliphatic carbocycles. The molecule has 1 atom stereocenters. The Morgan fingerprint density at radius 3 is 3.00 bits per heavy atom. The van der Waals surface area contributed by atoms with Crippen molar-refractivity contribution in [3.8, 4) is 5.75 Å². The van der Waals surface area contributed by atoms with E-state index in [-0.39, 0.29) is 12.1 Å². The molecule has 4 nitrogen and oxygen atoms in total. The molecule has 0 spiro atoms. The van der Waals surface area contributed by atoms with Crippen molar-refractivity contribution in [2.24, 2.45) is 5.73 Å². The molecule has 1 fully saturated rings. The molecule has 0 aromatic heterocycles. The number of halogens is 1. The highest BCUT2D eigenvalue weighted by Crippen LogP contribution is 2.19. The van der Waals surface area contributed by atoms with E-state index in [4.69, 9.17) is 10.5 Å². The van der Waals surface area contributed by atoms with Crippen molar-refractivity contribution in [1.82, 2.24) is 4.90 Å². The Bertz CT molecular complexity index is 397. The lowest BCUT2D eigenvalue weighted by molar-refractivity contribution is 0.162. The van der Waals surface area contributed by atoms with Crippen LogP contribution in [-0.2, 0) is 0 Å². The third-order valence-electron chi connectivity index (χ3n) is 2.48. The maximum Gasteiger partial charge on any atom is 0.415 e. The summed E-state index contributed by atoms with van der Waals surface area (Å²) in [4.78, 5) is 13.3. The molecule has 1 saturated heterocycles. The average Bonchev–Trinajstić information content (AvgIpc) is 2.65. The molecule has 1 aromatic carbocycles. The number of benzene rings is 1. The standard InChI is InChI=1S/C11H13BrN2O2/c12-8-2-1-3-10(6-8)16-11(15)14-5-4-9(13)7-14/h1-3,6,9H,4-5,7,13H2/t9-/m1/s1. The first-order valence-corrected chi connectivity index (χ1v) is 5.92. The van der Waals surface area contributed by atoms with E-state index in [0.29, 0.717) is 18.8 Å². The second kappa shape index (κ2) is 4.84. The maximum absolute atomic E-state index is 11.7. The Labute approximate surface area is 102 Å². The summed E-state index contributed by atoms with van der Waals surface area (Å²) in [5.74, 6) is 0.542. The molecule has 1 heterocycles. The van der Waals surface area contributed by atoms with E-state index in [1.54, 1.807) is 17.0 Å². The molecular formula is C11H13BrN2O2. The zero-order valence-electron chi connectivity index (χ0n) is 8.73. The van der Waals surface area contributed by atoms with Crippen molar-refractivity contribution in [3.63, 3.8) is 0 Å². The van der Waals surface area contributed by atoms with Gasteiger partial charge in [-0.2, -0.15) is 0 Å². The first kappa shape index (κ1) is 11.4. The minimum Gasteiger partial charge on any atom is -0.410 e. The van der Waals surface area contributed by atoms with Gasteiger partial charge in [-0.3, -0.25) is 0 Å². The Kier molecular flexibility index (Phi) is 3.46. The van der Waals surface area contributed by atoms with Gasteiger partial charge in [0.25, 0.3) is 0 Å². The lowest BCUT2D eigenvalue weighted by Gasteiger charge is -2.15. The molecule has 5 heteroatoms. The van der Waals surface area contributed by atoms with Crippen LogP contribution in [0.25, 0.3) is 0 Å². The topological polar surface area (TPSA) is 55.6 Å². The molecule has 0 bridgehead atoms. The van der Waals surface area contributed by atoms with Crippen molar-refractivity contribution in [2.75, 3.05) is 13.1 Å². The number of amides is 1. The number of likely N-dealkylation sites (tertiary alicyclic amines) is 1. The number of hydrogen-bond donors (Lipinski definition) is 1. The average molecular weight is 285 g/mol. The van der Waals surface area contributed by atoms with Crippen molar-refractivity contribution in [1.29, 1.82) is 0 Å². The van der Waals surface area contributed by atoms with Crippen LogP contribution in [0.4, 0.5) is 4.79 Å². The number of nitrogens with zero attached hydrogens (tertiary/aromatic N) is 1. The quantitative estimate of drug-likeness (QED) is 0.858. The zero-order chi connectivity index (χ0) is 11.5. The van der Waals surface area contributed by atoms with Crippen molar-refractivity contribution in [3.05, 3.63) is 28.7 Å².